The highest BCUT2D eigenvalue weighted by atomic mass is 127. The lowest BCUT2D eigenvalue weighted by molar-refractivity contribution is -0.0543. The Morgan fingerprint density at radius 1 is 0.925 bits per heavy atom. The Morgan fingerprint density at radius 3 is 1.75 bits per heavy atom. The molecule has 236 valence electrons. The number of hydrogen-bond donors (Lipinski definition) is 6. The predicted molar refractivity (Wildman–Crippen MR) is 156 cm³/mol. The number of aromatic amines is 1. The lowest BCUT2D eigenvalue weighted by atomic mass is 10.1. The minimum Gasteiger partial charge on any atom is -0.387 e. The van der Waals surface area contributed by atoms with E-state index in [1.807, 2.05) is 4.98 Å². The Morgan fingerprint density at radius 2 is 1.38 bits per heavy atom. The van der Waals surface area contributed by atoms with Gasteiger partial charge in [-0.2, -0.15) is 4.31 Å². The molecule has 2 heterocycles. The van der Waals surface area contributed by atoms with E-state index in [2.05, 4.69) is 60.2 Å². The van der Waals surface area contributed by atoms with Gasteiger partial charge in [-0.15, -0.1) is 0 Å². The molecule has 1 fully saturated rings. The van der Waals surface area contributed by atoms with E-state index >= 15 is 0 Å². The summed E-state index contributed by atoms with van der Waals surface area (Å²) < 4.78 is 35.9. The highest BCUT2D eigenvalue weighted by Gasteiger charge is 2.45. The van der Waals surface area contributed by atoms with Crippen LogP contribution < -0.4 is 11.2 Å². The van der Waals surface area contributed by atoms with Crippen LogP contribution in [-0.4, -0.2) is 108 Å². The van der Waals surface area contributed by atoms with Gasteiger partial charge in [0.25, 0.3) is 5.56 Å². The predicted octanol–water partition coefficient (Wildman–Crippen LogP) is 0.683. The fourth-order valence-corrected chi connectivity index (χ4v) is 5.45. The van der Waals surface area contributed by atoms with Crippen molar-refractivity contribution in [3.63, 3.8) is 0 Å². The first-order chi connectivity index (χ1) is 18.5. The van der Waals surface area contributed by atoms with Gasteiger partial charge < -0.3 is 39.4 Å². The highest BCUT2D eigenvalue weighted by Crippen LogP contribution is 2.57. The number of hydrogen-bond acceptors (Lipinski definition) is 11. The third-order valence-electron chi connectivity index (χ3n) is 5.83. The minimum absolute atomic E-state index is 0.0853. The van der Waals surface area contributed by atoms with E-state index in [9.17, 15) is 33.8 Å². The monoisotopic (exact) mass is 732 g/mol. The normalized spacial score (nSPS) is 22.4. The summed E-state index contributed by atoms with van der Waals surface area (Å²) in [6.45, 7) is 19.3. The van der Waals surface area contributed by atoms with E-state index in [-0.39, 0.29) is 3.57 Å². The smallest absolute Gasteiger partial charge is 0.387 e. The van der Waals surface area contributed by atoms with Gasteiger partial charge in [-0.25, -0.2) is 13.9 Å². The van der Waals surface area contributed by atoms with Gasteiger partial charge in [0.2, 0.25) is 0 Å². The third-order valence-corrected chi connectivity index (χ3v) is 8.75. The molecule has 0 aromatic carbocycles. The molecule has 0 bridgehead atoms. The second-order valence-electron chi connectivity index (χ2n) is 8.27. The van der Waals surface area contributed by atoms with E-state index in [1.54, 1.807) is 22.6 Å². The van der Waals surface area contributed by atoms with Gasteiger partial charge in [-0.05, 0) is 61.9 Å². The second-order valence-corrected chi connectivity index (χ2v) is 12.3. The summed E-state index contributed by atoms with van der Waals surface area (Å²) in [4.78, 5) is 56.1. The van der Waals surface area contributed by atoms with Crippen molar-refractivity contribution in [2.24, 2.45) is 0 Å². The van der Waals surface area contributed by atoms with Gasteiger partial charge in [0, 0.05) is 6.20 Å². The zero-order valence-corrected chi connectivity index (χ0v) is 27.5. The number of ether oxygens (including phenoxy) is 1. The molecule has 1 aromatic heterocycles. The summed E-state index contributed by atoms with van der Waals surface area (Å²) in [5.74, 6) is 0. The average molecular weight is 732 g/mol. The second kappa shape index (κ2) is 18.9. The molecule has 19 heteroatoms. The lowest BCUT2D eigenvalue weighted by Crippen LogP contribution is -2.38. The van der Waals surface area contributed by atoms with Crippen LogP contribution in [0, 0.1) is 3.57 Å². The first-order valence-corrected chi connectivity index (χ1v) is 16.8. The molecule has 0 aliphatic carbocycles. The van der Waals surface area contributed by atoms with Gasteiger partial charge in [0.15, 0.2) is 6.23 Å². The van der Waals surface area contributed by atoms with Crippen molar-refractivity contribution < 1.29 is 47.6 Å². The molecule has 1 aliphatic heterocycles. The molecule has 5 atom stereocenters. The molecule has 6 N–H and O–H groups in total. The van der Waals surface area contributed by atoms with Crippen molar-refractivity contribution in [2.45, 2.75) is 66.1 Å². The maximum atomic E-state index is 11.8. The fraction of sp³-hybridized carbons (Fsp3) is 0.810. The standard InChI is InChI=1S/C9H13IN2O12P2.2C6H15N/c10-3-1-12(9(16)11-7(3)15)8-6(14)5(13)4(23-8)2-22-26(20,21)24-25(17,18)19;2*1-4-7(5-2)6-3/h1,4-6,8,13-14H,2H2,(H,20,21)(H,11,15,16)(H2,17,18,19);2*4-6H2,1-3H3/t4-,5-,6-,8-;;/m1../s1. The zero-order valence-electron chi connectivity index (χ0n) is 23.5. The lowest BCUT2D eigenvalue weighted by Gasteiger charge is -2.18. The quantitative estimate of drug-likeness (QED) is 0.129. The number of H-pyrrole nitrogens is 1. The van der Waals surface area contributed by atoms with Crippen molar-refractivity contribution >= 4 is 38.2 Å². The molecule has 1 aliphatic rings. The molecule has 40 heavy (non-hydrogen) atoms. The molecule has 0 amide bonds. The molecular formula is C21H43IN4O12P2. The molecule has 1 unspecified atom stereocenters. The molecule has 0 radical (unpaired) electrons. The van der Waals surface area contributed by atoms with Crippen LogP contribution >= 0.6 is 38.2 Å². The van der Waals surface area contributed by atoms with Gasteiger partial charge in [0.05, 0.1) is 10.2 Å². The van der Waals surface area contributed by atoms with E-state index in [0.29, 0.717) is 0 Å². The van der Waals surface area contributed by atoms with Crippen LogP contribution in [0.5, 0.6) is 0 Å². The van der Waals surface area contributed by atoms with Crippen molar-refractivity contribution in [2.75, 3.05) is 45.9 Å². The van der Waals surface area contributed by atoms with Crippen LogP contribution in [0.25, 0.3) is 0 Å². The van der Waals surface area contributed by atoms with Gasteiger partial charge in [-0.1, -0.05) is 41.5 Å². The van der Waals surface area contributed by atoms with Gasteiger partial charge in [0.1, 0.15) is 18.3 Å². The first kappa shape index (κ1) is 39.5. The Balaban J connectivity index is 0.000000894. The van der Waals surface area contributed by atoms with E-state index < -0.39 is 58.0 Å². The van der Waals surface area contributed by atoms with Gasteiger partial charge >= 0.3 is 21.3 Å². The van der Waals surface area contributed by atoms with Crippen LogP contribution in [0.3, 0.4) is 0 Å². The summed E-state index contributed by atoms with van der Waals surface area (Å²) in [5.41, 5.74) is -1.61. The average Bonchev–Trinajstić information content (AvgIpc) is 3.15. The Hall–Kier alpha value is -0.530. The fourth-order valence-electron chi connectivity index (χ4n) is 3.41. The number of aliphatic hydroxyl groups is 2. The van der Waals surface area contributed by atoms with Crippen molar-refractivity contribution in [1.29, 1.82) is 0 Å². The van der Waals surface area contributed by atoms with E-state index in [0.717, 1.165) is 10.8 Å². The first-order valence-electron chi connectivity index (χ1n) is 12.7. The van der Waals surface area contributed by atoms with Crippen LogP contribution in [0.2, 0.25) is 0 Å². The number of aromatic nitrogens is 2. The topological polar surface area (TPSA) is 224 Å². The molecular weight excluding hydrogens is 689 g/mol. The highest BCUT2D eigenvalue weighted by molar-refractivity contribution is 14.1. The molecule has 1 saturated heterocycles. The maximum absolute atomic E-state index is 11.8. The van der Waals surface area contributed by atoms with Crippen molar-refractivity contribution in [1.82, 2.24) is 19.4 Å². The van der Waals surface area contributed by atoms with Crippen LogP contribution in [0.4, 0.5) is 0 Å². The van der Waals surface area contributed by atoms with Crippen LogP contribution in [0.1, 0.15) is 47.8 Å². The molecule has 0 spiro atoms. The molecule has 2 rings (SSSR count). The third kappa shape index (κ3) is 14.1. The Kier molecular flexibility index (Phi) is 18.6. The Bertz CT molecular complexity index is 1050. The van der Waals surface area contributed by atoms with Crippen LogP contribution in [0.15, 0.2) is 15.8 Å². The number of rotatable bonds is 12. The summed E-state index contributed by atoms with van der Waals surface area (Å²) in [7, 11) is -10.5. The number of phosphoric ester groups is 1. The number of nitrogens with one attached hydrogen (secondary N) is 1. The molecule has 1 aromatic rings. The zero-order chi connectivity index (χ0) is 31.3. The van der Waals surface area contributed by atoms with E-state index in [4.69, 9.17) is 14.5 Å². The summed E-state index contributed by atoms with van der Waals surface area (Å²) in [6.07, 6.45) is -5.21. The summed E-state index contributed by atoms with van der Waals surface area (Å²) in [6, 6.07) is 0. The van der Waals surface area contributed by atoms with E-state index in [1.165, 1.54) is 39.3 Å². The Labute approximate surface area is 247 Å². The molecule has 16 nitrogen and oxygen atoms in total. The number of halogens is 1. The number of nitrogens with zero attached hydrogens (tertiary/aromatic N) is 3. The number of phosphoric acid groups is 2. The minimum atomic E-state index is -5.32. The number of aliphatic hydroxyl groups excluding tert-OH is 2. The summed E-state index contributed by atoms with van der Waals surface area (Å²) >= 11 is 1.62. The largest absolute Gasteiger partial charge is 0.481 e. The molecule has 0 saturated carbocycles. The van der Waals surface area contributed by atoms with Crippen molar-refractivity contribution in [3.8, 4) is 0 Å². The van der Waals surface area contributed by atoms with Crippen molar-refractivity contribution in [3.05, 3.63) is 30.6 Å². The SMILES string of the molecule is CCN(CC)CC.CCN(CC)CC.O=c1[nH]c(=O)n([C@@H]2O[C@H](COP(=O)(O)OP(=O)(O)O)[C@@H](O)[C@H]2O)cc1I. The van der Waals surface area contributed by atoms with Gasteiger partial charge in [-0.3, -0.25) is 18.9 Å². The maximum Gasteiger partial charge on any atom is 0.481 e. The summed E-state index contributed by atoms with van der Waals surface area (Å²) in [5, 5.41) is 19.9. The van der Waals surface area contributed by atoms with Crippen LogP contribution in [-0.2, 0) is 22.7 Å².